The highest BCUT2D eigenvalue weighted by Gasteiger charge is 2.23. The molecule has 1 aromatic heterocycles. The molecule has 0 atom stereocenters. The van der Waals surface area contributed by atoms with Gasteiger partial charge in [-0.15, -0.1) is 0 Å². The Bertz CT molecular complexity index is 1000. The van der Waals surface area contributed by atoms with Gasteiger partial charge in [0.1, 0.15) is 11.6 Å². The number of anilines is 1. The lowest BCUT2D eigenvalue weighted by molar-refractivity contribution is 0.0391. The second kappa shape index (κ2) is 8.86. The number of nitrogens with zero attached hydrogens (tertiary/aromatic N) is 3. The molecule has 0 aliphatic carbocycles. The van der Waals surface area contributed by atoms with E-state index in [2.05, 4.69) is 9.88 Å². The number of carbonyl (C=O) groups is 1. The Hall–Kier alpha value is -2.55. The van der Waals surface area contributed by atoms with Crippen LogP contribution in [0.4, 0.5) is 9.52 Å². The number of carbonyl (C=O) groups excluding carboxylic acids is 1. The third kappa shape index (κ3) is 4.55. The molecule has 6 nitrogen and oxygen atoms in total. The molecular formula is C21H22FN3O3S. The Kier molecular flexibility index (Phi) is 6.03. The van der Waals surface area contributed by atoms with E-state index in [0.29, 0.717) is 42.7 Å². The molecule has 2 aromatic carbocycles. The molecule has 0 saturated carbocycles. The highest BCUT2D eigenvalue weighted by atomic mass is 32.1. The lowest BCUT2D eigenvalue weighted by atomic mass is 10.2. The second-order valence-corrected chi connectivity index (χ2v) is 7.76. The zero-order valence-electron chi connectivity index (χ0n) is 16.1. The fraction of sp³-hybridized carbons (Fsp3) is 0.333. The molecule has 0 bridgehead atoms. The van der Waals surface area contributed by atoms with Crippen LogP contribution >= 0.6 is 11.3 Å². The van der Waals surface area contributed by atoms with Crippen molar-refractivity contribution in [1.29, 1.82) is 0 Å². The maximum atomic E-state index is 13.7. The van der Waals surface area contributed by atoms with E-state index >= 15 is 0 Å². The maximum absolute atomic E-state index is 13.7. The summed E-state index contributed by atoms with van der Waals surface area (Å²) in [5.41, 5.74) is 1.08. The first-order valence-electron chi connectivity index (χ1n) is 9.46. The number of halogens is 1. The predicted octanol–water partition coefficient (Wildman–Crippen LogP) is 3.42. The smallest absolute Gasteiger partial charge is 0.260 e. The number of aromatic nitrogens is 1. The van der Waals surface area contributed by atoms with E-state index < -0.39 is 5.82 Å². The molecule has 2 heterocycles. The number of ether oxygens (including phenoxy) is 2. The minimum atomic E-state index is -0.432. The van der Waals surface area contributed by atoms with Gasteiger partial charge in [0.15, 0.2) is 5.13 Å². The molecule has 1 aliphatic heterocycles. The number of benzene rings is 2. The molecule has 0 unspecified atom stereocenters. The van der Waals surface area contributed by atoms with Crippen molar-refractivity contribution in [3.63, 3.8) is 0 Å². The maximum Gasteiger partial charge on any atom is 0.260 e. The van der Waals surface area contributed by atoms with Gasteiger partial charge in [-0.2, -0.15) is 0 Å². The van der Waals surface area contributed by atoms with Gasteiger partial charge in [-0.25, -0.2) is 9.37 Å². The van der Waals surface area contributed by atoms with Crippen LogP contribution in [0.3, 0.4) is 0 Å². The Morgan fingerprint density at radius 3 is 2.86 bits per heavy atom. The minimum Gasteiger partial charge on any atom is -0.497 e. The number of thiazole rings is 1. The van der Waals surface area contributed by atoms with Gasteiger partial charge in [0, 0.05) is 37.8 Å². The Morgan fingerprint density at radius 2 is 2.10 bits per heavy atom. The van der Waals surface area contributed by atoms with Gasteiger partial charge in [-0.1, -0.05) is 17.4 Å². The number of morpholine rings is 1. The molecule has 0 spiro atoms. The average molecular weight is 415 g/mol. The molecule has 0 N–H and O–H groups in total. The monoisotopic (exact) mass is 415 g/mol. The van der Waals surface area contributed by atoms with Crippen molar-refractivity contribution in [3.05, 3.63) is 53.8 Å². The largest absolute Gasteiger partial charge is 0.497 e. The summed E-state index contributed by atoms with van der Waals surface area (Å²) in [7, 11) is 1.61. The highest BCUT2D eigenvalue weighted by Crippen LogP contribution is 2.32. The summed E-state index contributed by atoms with van der Waals surface area (Å²) in [5.74, 6) is 0.0208. The van der Waals surface area contributed by atoms with Crippen LogP contribution in [0.5, 0.6) is 5.75 Å². The second-order valence-electron chi connectivity index (χ2n) is 6.75. The first-order chi connectivity index (χ1) is 14.1. The Labute approximate surface area is 172 Å². The fourth-order valence-corrected chi connectivity index (χ4v) is 4.24. The molecule has 1 aliphatic rings. The molecule has 1 fully saturated rings. The van der Waals surface area contributed by atoms with Crippen LogP contribution in [0.15, 0.2) is 42.5 Å². The Morgan fingerprint density at radius 1 is 1.28 bits per heavy atom. The van der Waals surface area contributed by atoms with Crippen molar-refractivity contribution in [2.75, 3.05) is 51.4 Å². The number of hydrogen-bond donors (Lipinski definition) is 0. The first kappa shape index (κ1) is 19.8. The van der Waals surface area contributed by atoms with Crippen molar-refractivity contribution in [2.24, 2.45) is 0 Å². The van der Waals surface area contributed by atoms with E-state index in [1.54, 1.807) is 24.1 Å². The van der Waals surface area contributed by atoms with Crippen LogP contribution in [0.2, 0.25) is 0 Å². The summed E-state index contributed by atoms with van der Waals surface area (Å²) in [6, 6.07) is 11.4. The van der Waals surface area contributed by atoms with Crippen molar-refractivity contribution in [1.82, 2.24) is 9.88 Å². The van der Waals surface area contributed by atoms with Crippen molar-refractivity contribution in [3.8, 4) is 5.75 Å². The average Bonchev–Trinajstić information content (AvgIpc) is 3.17. The summed E-state index contributed by atoms with van der Waals surface area (Å²) in [5, 5.41) is 0.593. The summed E-state index contributed by atoms with van der Waals surface area (Å²) >= 11 is 1.44. The standard InChI is InChI=1S/C21H22FN3O3S/c1-27-17-5-6-19-18(14-17)23-21(29-19)25(8-7-24-9-11-28-12-10-24)20(26)15-3-2-4-16(22)13-15/h2-6,13-14H,7-12H2,1H3. The van der Waals surface area contributed by atoms with E-state index in [-0.39, 0.29) is 5.91 Å². The van der Waals surface area contributed by atoms with Crippen LogP contribution in [0, 0.1) is 5.82 Å². The molecule has 1 amide bonds. The van der Waals surface area contributed by atoms with Gasteiger partial charge >= 0.3 is 0 Å². The van der Waals surface area contributed by atoms with Crippen LogP contribution in [-0.4, -0.2) is 62.3 Å². The fourth-order valence-electron chi connectivity index (χ4n) is 3.27. The zero-order valence-corrected chi connectivity index (χ0v) is 17.0. The molecule has 152 valence electrons. The molecular weight excluding hydrogens is 393 g/mol. The molecule has 29 heavy (non-hydrogen) atoms. The van der Waals surface area contributed by atoms with Gasteiger partial charge < -0.3 is 9.47 Å². The van der Waals surface area contributed by atoms with Crippen molar-refractivity contribution >= 4 is 32.6 Å². The van der Waals surface area contributed by atoms with E-state index in [9.17, 15) is 9.18 Å². The van der Waals surface area contributed by atoms with E-state index in [1.165, 1.54) is 23.5 Å². The normalized spacial score (nSPS) is 14.8. The lowest BCUT2D eigenvalue weighted by Crippen LogP contribution is -2.43. The van der Waals surface area contributed by atoms with E-state index in [4.69, 9.17) is 9.47 Å². The van der Waals surface area contributed by atoms with Gasteiger partial charge in [0.05, 0.1) is 30.5 Å². The van der Waals surface area contributed by atoms with Crippen LogP contribution in [0.25, 0.3) is 10.2 Å². The van der Waals surface area contributed by atoms with Gasteiger partial charge in [-0.3, -0.25) is 14.6 Å². The van der Waals surface area contributed by atoms with Crippen molar-refractivity contribution in [2.45, 2.75) is 0 Å². The number of fused-ring (bicyclic) bond motifs is 1. The van der Waals surface area contributed by atoms with Crippen LogP contribution in [-0.2, 0) is 4.74 Å². The zero-order chi connectivity index (χ0) is 20.2. The number of rotatable bonds is 6. The van der Waals surface area contributed by atoms with E-state index in [1.807, 2.05) is 18.2 Å². The topological polar surface area (TPSA) is 54.9 Å². The predicted molar refractivity (Wildman–Crippen MR) is 112 cm³/mol. The highest BCUT2D eigenvalue weighted by molar-refractivity contribution is 7.22. The molecule has 3 aromatic rings. The lowest BCUT2D eigenvalue weighted by Gasteiger charge is -2.29. The molecule has 1 saturated heterocycles. The summed E-state index contributed by atoms with van der Waals surface area (Å²) in [6.07, 6.45) is 0. The Balaban J connectivity index is 1.64. The van der Waals surface area contributed by atoms with Crippen molar-refractivity contribution < 1.29 is 18.7 Å². The van der Waals surface area contributed by atoms with Gasteiger partial charge in [-0.05, 0) is 30.3 Å². The summed E-state index contributed by atoms with van der Waals surface area (Å²) in [6.45, 7) is 4.21. The molecule has 4 rings (SSSR count). The SMILES string of the molecule is COc1ccc2sc(N(CCN3CCOCC3)C(=O)c3cccc(F)c3)nc2c1. The minimum absolute atomic E-state index is 0.260. The third-order valence-electron chi connectivity index (χ3n) is 4.87. The summed E-state index contributed by atoms with van der Waals surface area (Å²) < 4.78 is 25.3. The van der Waals surface area contributed by atoms with Crippen LogP contribution < -0.4 is 9.64 Å². The molecule has 0 radical (unpaired) electrons. The molecule has 8 heteroatoms. The number of hydrogen-bond acceptors (Lipinski definition) is 6. The number of methoxy groups -OCH3 is 1. The third-order valence-corrected chi connectivity index (χ3v) is 5.93. The first-order valence-corrected chi connectivity index (χ1v) is 10.3. The van der Waals surface area contributed by atoms with E-state index in [0.717, 1.165) is 23.3 Å². The van der Waals surface area contributed by atoms with Gasteiger partial charge in [0.25, 0.3) is 5.91 Å². The number of amides is 1. The quantitative estimate of drug-likeness (QED) is 0.618. The van der Waals surface area contributed by atoms with Crippen LogP contribution in [0.1, 0.15) is 10.4 Å². The summed E-state index contributed by atoms with van der Waals surface area (Å²) in [4.78, 5) is 21.8. The van der Waals surface area contributed by atoms with Gasteiger partial charge in [0.2, 0.25) is 0 Å².